The van der Waals surface area contributed by atoms with Crippen molar-refractivity contribution in [1.82, 2.24) is 10.2 Å². The molecule has 0 aromatic heterocycles. The zero-order valence-electron chi connectivity index (χ0n) is 15.0. The molecule has 2 fully saturated rings. The van der Waals surface area contributed by atoms with Gasteiger partial charge in [-0.15, -0.1) is 11.8 Å². The van der Waals surface area contributed by atoms with Crippen molar-refractivity contribution in [2.75, 3.05) is 19.0 Å². The zero-order valence-corrected chi connectivity index (χ0v) is 17.4. The Labute approximate surface area is 174 Å². The van der Waals surface area contributed by atoms with Crippen LogP contribution >= 0.6 is 27.7 Å². The molecule has 2 saturated heterocycles. The van der Waals surface area contributed by atoms with Crippen molar-refractivity contribution in [3.63, 3.8) is 0 Å². The molecule has 1 N–H and O–H groups in total. The van der Waals surface area contributed by atoms with E-state index in [4.69, 9.17) is 14.7 Å². The second-order valence-corrected chi connectivity index (χ2v) is 9.46. The van der Waals surface area contributed by atoms with Gasteiger partial charge >= 0.3 is 5.97 Å². The van der Waals surface area contributed by atoms with E-state index in [1.807, 2.05) is 6.07 Å². The highest BCUT2D eigenvalue weighted by Gasteiger charge is 2.61. The number of β-lactam (4-membered cyclic amide) rings is 1. The van der Waals surface area contributed by atoms with E-state index in [1.165, 1.54) is 16.7 Å². The molecule has 2 amide bonds. The van der Waals surface area contributed by atoms with Gasteiger partial charge in [0.25, 0.3) is 5.91 Å². The molecule has 0 spiro atoms. The number of nitrogens with one attached hydrogen (secondary N) is 1. The number of para-hydroxylation sites is 1. The molecule has 2 heterocycles. The van der Waals surface area contributed by atoms with Gasteiger partial charge in [-0.3, -0.25) is 9.59 Å². The molecule has 3 rings (SSSR count). The van der Waals surface area contributed by atoms with Crippen molar-refractivity contribution < 1.29 is 23.9 Å². The Hall–Kier alpha value is -2.25. The lowest BCUT2D eigenvalue weighted by Crippen LogP contribution is -2.78. The number of amides is 2. The molecule has 0 aliphatic carbocycles. The second kappa shape index (κ2) is 8.41. The van der Waals surface area contributed by atoms with Gasteiger partial charge < -0.3 is 19.7 Å². The number of carbonyl (C=O) groups is 3. The van der Waals surface area contributed by atoms with E-state index in [0.29, 0.717) is 11.5 Å². The number of alkyl halides is 1. The summed E-state index contributed by atoms with van der Waals surface area (Å²) in [6.07, 6.45) is 0. The fraction of sp³-hybridized carbons (Fsp3) is 0.444. The van der Waals surface area contributed by atoms with Crippen LogP contribution in [0.3, 0.4) is 0 Å². The summed E-state index contributed by atoms with van der Waals surface area (Å²) in [7, 11) is 0. The molecule has 2 aliphatic rings. The molecule has 1 aromatic rings. The largest absolute Gasteiger partial charge is 0.484 e. The van der Waals surface area contributed by atoms with E-state index in [-0.39, 0.29) is 24.5 Å². The fourth-order valence-electron chi connectivity index (χ4n) is 3.11. The van der Waals surface area contributed by atoms with Crippen LogP contribution in [0.25, 0.3) is 0 Å². The number of nitrogens with zero attached hydrogens (tertiary/aromatic N) is 2. The highest BCUT2D eigenvalue weighted by molar-refractivity contribution is 9.10. The average Bonchev–Trinajstić information content (AvgIpc) is 2.68. The number of hydrogen-bond acceptors (Lipinski definition) is 7. The standard InChI is InChI=1S/C18H18BrN3O5S/c1-18(19)10-28-16-13(15(24)22(16)14(18)17(25)26-8-7-20)21-12(23)9-27-11-5-3-2-4-6-11/h2-6,13-14,16H,8-10H2,1H3,(H,21,23)/t13?,14?,16-,18?/m1/s1. The van der Waals surface area contributed by atoms with Gasteiger partial charge in [-0.1, -0.05) is 34.1 Å². The van der Waals surface area contributed by atoms with Crippen molar-refractivity contribution in [2.45, 2.75) is 28.7 Å². The molecular weight excluding hydrogens is 450 g/mol. The lowest BCUT2D eigenvalue weighted by atomic mass is 9.94. The number of rotatable bonds is 6. The zero-order chi connectivity index (χ0) is 20.3. The van der Waals surface area contributed by atoms with Gasteiger partial charge in [0.15, 0.2) is 13.2 Å². The summed E-state index contributed by atoms with van der Waals surface area (Å²) < 4.78 is 9.63. The first-order chi connectivity index (χ1) is 13.3. The number of benzene rings is 1. The summed E-state index contributed by atoms with van der Waals surface area (Å²) in [5.41, 5.74) is 0. The van der Waals surface area contributed by atoms with Gasteiger partial charge in [-0.05, 0) is 19.1 Å². The maximum absolute atomic E-state index is 12.6. The molecular formula is C18H18BrN3O5S. The number of hydrogen-bond donors (Lipinski definition) is 1. The van der Waals surface area contributed by atoms with Crippen LogP contribution in [0.2, 0.25) is 0 Å². The SMILES string of the molecule is CC1(Br)CS[C@@H]2C(NC(=O)COc3ccccc3)C(=O)N2C1C(=O)OCC#N. The highest BCUT2D eigenvalue weighted by Crippen LogP contribution is 2.46. The smallest absolute Gasteiger partial charge is 0.331 e. The number of ether oxygens (including phenoxy) is 2. The summed E-state index contributed by atoms with van der Waals surface area (Å²) in [4.78, 5) is 38.6. The molecule has 0 radical (unpaired) electrons. The molecule has 1 aromatic carbocycles. The summed E-state index contributed by atoms with van der Waals surface area (Å²) in [6.45, 7) is 1.20. The fourth-order valence-corrected chi connectivity index (χ4v) is 5.33. The second-order valence-electron chi connectivity index (χ2n) is 6.54. The Morgan fingerprint density at radius 1 is 1.43 bits per heavy atom. The number of thioether (sulfide) groups is 1. The van der Waals surface area contributed by atoms with Crippen molar-refractivity contribution in [3.05, 3.63) is 30.3 Å². The third kappa shape index (κ3) is 4.10. The van der Waals surface area contributed by atoms with Crippen molar-refractivity contribution >= 4 is 45.5 Å². The van der Waals surface area contributed by atoms with Crippen LogP contribution in [0.1, 0.15) is 6.92 Å². The first-order valence-electron chi connectivity index (χ1n) is 8.48. The van der Waals surface area contributed by atoms with Gasteiger partial charge in [-0.25, -0.2) is 4.79 Å². The Kier molecular flexibility index (Phi) is 6.15. The predicted molar refractivity (Wildman–Crippen MR) is 105 cm³/mol. The molecule has 8 nitrogen and oxygen atoms in total. The quantitative estimate of drug-likeness (QED) is 0.378. The van der Waals surface area contributed by atoms with E-state index in [9.17, 15) is 14.4 Å². The number of esters is 1. The third-order valence-corrected chi connectivity index (χ3v) is 7.09. The summed E-state index contributed by atoms with van der Waals surface area (Å²) in [6, 6.07) is 9.03. The third-order valence-electron chi connectivity index (χ3n) is 4.40. The summed E-state index contributed by atoms with van der Waals surface area (Å²) in [5.74, 6) is -0.341. The number of halogens is 1. The monoisotopic (exact) mass is 467 g/mol. The first-order valence-corrected chi connectivity index (χ1v) is 10.3. The lowest BCUT2D eigenvalue weighted by Gasteiger charge is -2.56. The number of carbonyl (C=O) groups excluding carboxylic acids is 3. The Bertz CT molecular complexity index is 813. The van der Waals surface area contributed by atoms with Gasteiger partial charge in [0.1, 0.15) is 29.3 Å². The van der Waals surface area contributed by atoms with Gasteiger partial charge in [0, 0.05) is 5.75 Å². The lowest BCUT2D eigenvalue weighted by molar-refractivity contribution is -0.166. The summed E-state index contributed by atoms with van der Waals surface area (Å²) >= 11 is 4.96. The highest BCUT2D eigenvalue weighted by atomic mass is 79.9. The van der Waals surface area contributed by atoms with Crippen LogP contribution in [-0.2, 0) is 19.1 Å². The van der Waals surface area contributed by atoms with Crippen molar-refractivity contribution in [1.29, 1.82) is 5.26 Å². The summed E-state index contributed by atoms with van der Waals surface area (Å²) in [5, 5.41) is 10.9. The molecule has 0 saturated carbocycles. The van der Waals surface area contributed by atoms with Crippen LogP contribution in [0.5, 0.6) is 5.75 Å². The van der Waals surface area contributed by atoms with Crippen LogP contribution in [0.4, 0.5) is 0 Å². The van der Waals surface area contributed by atoms with Gasteiger partial charge in [0.05, 0.1) is 4.32 Å². The molecule has 4 atom stereocenters. The van der Waals surface area contributed by atoms with E-state index < -0.39 is 28.3 Å². The topological polar surface area (TPSA) is 109 Å². The molecule has 3 unspecified atom stereocenters. The molecule has 28 heavy (non-hydrogen) atoms. The van der Waals surface area contributed by atoms with E-state index in [1.54, 1.807) is 37.3 Å². The van der Waals surface area contributed by atoms with E-state index >= 15 is 0 Å². The minimum Gasteiger partial charge on any atom is -0.484 e. The Balaban J connectivity index is 1.61. The maximum Gasteiger partial charge on any atom is 0.331 e. The van der Waals surface area contributed by atoms with Crippen molar-refractivity contribution in [3.8, 4) is 11.8 Å². The molecule has 148 valence electrons. The van der Waals surface area contributed by atoms with Gasteiger partial charge in [0.2, 0.25) is 5.91 Å². The van der Waals surface area contributed by atoms with Gasteiger partial charge in [-0.2, -0.15) is 5.26 Å². The number of fused-ring (bicyclic) bond motifs is 1. The minimum absolute atomic E-state index is 0.213. The Morgan fingerprint density at radius 2 is 2.14 bits per heavy atom. The van der Waals surface area contributed by atoms with Crippen molar-refractivity contribution in [2.24, 2.45) is 0 Å². The molecule has 10 heteroatoms. The minimum atomic E-state index is -0.867. The van der Waals surface area contributed by atoms with E-state index in [2.05, 4.69) is 21.2 Å². The number of nitriles is 1. The van der Waals surface area contributed by atoms with Crippen LogP contribution in [0, 0.1) is 11.3 Å². The maximum atomic E-state index is 12.6. The average molecular weight is 468 g/mol. The van der Waals surface area contributed by atoms with E-state index in [0.717, 1.165) is 0 Å². The van der Waals surface area contributed by atoms with Crippen LogP contribution in [0.15, 0.2) is 30.3 Å². The first kappa shape index (κ1) is 20.5. The molecule has 2 aliphatic heterocycles. The Morgan fingerprint density at radius 3 is 2.82 bits per heavy atom. The van der Waals surface area contributed by atoms with Crippen LogP contribution < -0.4 is 10.1 Å². The molecule has 0 bridgehead atoms. The van der Waals surface area contributed by atoms with Crippen LogP contribution in [-0.4, -0.2) is 63.4 Å². The predicted octanol–water partition coefficient (Wildman–Crippen LogP) is 1.05. The normalized spacial score (nSPS) is 28.4.